The van der Waals surface area contributed by atoms with Gasteiger partial charge in [0, 0.05) is 39.1 Å². The van der Waals surface area contributed by atoms with Gasteiger partial charge in [-0.15, -0.1) is 0 Å². The lowest BCUT2D eigenvalue weighted by molar-refractivity contribution is 0.0697. The van der Waals surface area contributed by atoms with Crippen LogP contribution in [0.5, 0.6) is 0 Å². The number of amides is 2. The summed E-state index contributed by atoms with van der Waals surface area (Å²) < 4.78 is 2.05. The Bertz CT molecular complexity index is 694. The molecule has 2 N–H and O–H groups in total. The van der Waals surface area contributed by atoms with Gasteiger partial charge in [0.25, 0.3) is 0 Å². The first-order valence-electron chi connectivity index (χ1n) is 7.76. The fourth-order valence-electron chi connectivity index (χ4n) is 2.30. The first kappa shape index (κ1) is 17.5. The van der Waals surface area contributed by atoms with Crippen molar-refractivity contribution in [1.29, 1.82) is 0 Å². The van der Waals surface area contributed by atoms with E-state index >= 15 is 0 Å². The lowest BCUT2D eigenvalue weighted by Crippen LogP contribution is -2.37. The monoisotopic (exact) mass is 330 g/mol. The van der Waals surface area contributed by atoms with Gasteiger partial charge in [0.15, 0.2) is 0 Å². The fourth-order valence-corrected chi connectivity index (χ4v) is 2.30. The number of carboxylic acids is 1. The maximum Gasteiger partial charge on any atom is 0.335 e. The Morgan fingerprint density at radius 1 is 1.29 bits per heavy atom. The first-order valence-corrected chi connectivity index (χ1v) is 7.76. The molecule has 0 fully saturated rings. The van der Waals surface area contributed by atoms with E-state index in [0.717, 1.165) is 24.4 Å². The van der Waals surface area contributed by atoms with Crippen LogP contribution in [0.1, 0.15) is 28.2 Å². The number of nitrogens with one attached hydrogen (secondary N) is 1. The second-order valence-electron chi connectivity index (χ2n) is 5.60. The van der Waals surface area contributed by atoms with Crippen molar-refractivity contribution in [3.63, 3.8) is 0 Å². The van der Waals surface area contributed by atoms with E-state index in [2.05, 4.69) is 14.9 Å². The zero-order valence-electron chi connectivity index (χ0n) is 13.9. The molecule has 0 spiro atoms. The van der Waals surface area contributed by atoms with Crippen molar-refractivity contribution in [1.82, 2.24) is 19.8 Å². The molecule has 0 aliphatic rings. The quantitative estimate of drug-likeness (QED) is 0.814. The van der Waals surface area contributed by atoms with Gasteiger partial charge in [-0.1, -0.05) is 12.1 Å². The van der Waals surface area contributed by atoms with E-state index in [1.54, 1.807) is 30.3 Å². The highest BCUT2D eigenvalue weighted by molar-refractivity contribution is 5.87. The molecule has 0 saturated heterocycles. The summed E-state index contributed by atoms with van der Waals surface area (Å²) in [5, 5.41) is 11.7. The minimum absolute atomic E-state index is 0.153. The van der Waals surface area contributed by atoms with E-state index < -0.39 is 5.97 Å². The highest BCUT2D eigenvalue weighted by Crippen LogP contribution is 2.04. The van der Waals surface area contributed by atoms with Crippen LogP contribution < -0.4 is 5.32 Å². The number of aromatic carboxylic acids is 1. The van der Waals surface area contributed by atoms with Gasteiger partial charge in [-0.25, -0.2) is 14.6 Å². The Balaban J connectivity index is 1.73. The Morgan fingerprint density at radius 2 is 2.00 bits per heavy atom. The number of hydrogen-bond donors (Lipinski definition) is 2. The average molecular weight is 330 g/mol. The molecular formula is C17H22N4O3. The summed E-state index contributed by atoms with van der Waals surface area (Å²) >= 11 is 0. The van der Waals surface area contributed by atoms with E-state index in [1.165, 1.54) is 12.1 Å². The number of aromatic nitrogens is 2. The number of imidazole rings is 1. The minimum atomic E-state index is -0.960. The molecular weight excluding hydrogens is 308 g/mol. The molecule has 0 bridgehead atoms. The number of carboxylic acid groups (broad SMARTS) is 1. The lowest BCUT2D eigenvalue weighted by atomic mass is 10.1. The predicted octanol–water partition coefficient (Wildman–Crippen LogP) is 2.12. The van der Waals surface area contributed by atoms with Crippen LogP contribution in [0.25, 0.3) is 0 Å². The standard InChI is InChI=1S/C17H22N4O3/c1-13-18-8-11-21(13)10-3-9-20(2)17(24)19-12-14-4-6-15(7-5-14)16(22)23/h4-8,11H,3,9-10,12H2,1-2H3,(H,19,24)(H,22,23). The summed E-state index contributed by atoms with van der Waals surface area (Å²) in [7, 11) is 1.75. The smallest absolute Gasteiger partial charge is 0.335 e. The molecule has 24 heavy (non-hydrogen) atoms. The van der Waals surface area contributed by atoms with Crippen molar-refractivity contribution >= 4 is 12.0 Å². The average Bonchev–Trinajstić information content (AvgIpc) is 2.98. The normalized spacial score (nSPS) is 10.4. The van der Waals surface area contributed by atoms with Crippen molar-refractivity contribution in [2.24, 2.45) is 0 Å². The molecule has 2 amide bonds. The van der Waals surface area contributed by atoms with Crippen LogP contribution in [-0.2, 0) is 13.1 Å². The summed E-state index contributed by atoms with van der Waals surface area (Å²) in [5.74, 6) is 0.00496. The molecule has 1 heterocycles. The van der Waals surface area contributed by atoms with Crippen LogP contribution in [0.3, 0.4) is 0 Å². The van der Waals surface area contributed by atoms with Gasteiger partial charge in [0.1, 0.15) is 5.82 Å². The molecule has 2 rings (SSSR count). The van der Waals surface area contributed by atoms with Crippen molar-refractivity contribution in [3.8, 4) is 0 Å². The van der Waals surface area contributed by atoms with E-state index in [1.807, 2.05) is 13.1 Å². The minimum Gasteiger partial charge on any atom is -0.478 e. The number of aryl methyl sites for hydroxylation is 2. The summed E-state index contributed by atoms with van der Waals surface area (Å²) in [4.78, 5) is 28.6. The van der Waals surface area contributed by atoms with Crippen LogP contribution >= 0.6 is 0 Å². The SMILES string of the molecule is Cc1nccn1CCCN(C)C(=O)NCc1ccc(C(=O)O)cc1. The molecule has 128 valence electrons. The molecule has 0 atom stereocenters. The van der Waals surface area contributed by atoms with Gasteiger partial charge in [-0.05, 0) is 31.0 Å². The molecule has 0 aliphatic heterocycles. The van der Waals surface area contributed by atoms with Gasteiger partial charge >= 0.3 is 12.0 Å². The summed E-state index contributed by atoms with van der Waals surface area (Å²) in [6.07, 6.45) is 4.53. The third kappa shape index (κ3) is 4.84. The molecule has 7 heteroatoms. The Labute approximate surface area is 140 Å². The molecule has 7 nitrogen and oxygen atoms in total. The Kier molecular flexibility index (Phi) is 5.95. The highest BCUT2D eigenvalue weighted by atomic mass is 16.4. The third-order valence-electron chi connectivity index (χ3n) is 3.81. The van der Waals surface area contributed by atoms with E-state index in [-0.39, 0.29) is 11.6 Å². The lowest BCUT2D eigenvalue weighted by Gasteiger charge is -2.18. The molecule has 2 aromatic rings. The molecule has 0 unspecified atom stereocenters. The molecule has 0 saturated carbocycles. The number of carbonyl (C=O) groups is 2. The number of urea groups is 1. The van der Waals surface area contributed by atoms with Gasteiger partial charge in [-0.2, -0.15) is 0 Å². The summed E-state index contributed by atoms with van der Waals surface area (Å²) in [5.41, 5.74) is 1.09. The highest BCUT2D eigenvalue weighted by Gasteiger charge is 2.08. The van der Waals surface area contributed by atoms with Crippen molar-refractivity contribution in [2.45, 2.75) is 26.4 Å². The maximum atomic E-state index is 12.1. The van der Waals surface area contributed by atoms with Gasteiger partial charge in [0.2, 0.25) is 0 Å². The van der Waals surface area contributed by atoms with Crippen molar-refractivity contribution < 1.29 is 14.7 Å². The molecule has 1 aromatic carbocycles. The predicted molar refractivity (Wildman–Crippen MR) is 89.8 cm³/mol. The van der Waals surface area contributed by atoms with Crippen LogP contribution in [0.15, 0.2) is 36.7 Å². The Morgan fingerprint density at radius 3 is 2.58 bits per heavy atom. The summed E-state index contributed by atoms with van der Waals surface area (Å²) in [6.45, 7) is 3.78. The van der Waals surface area contributed by atoms with Crippen LogP contribution in [0.2, 0.25) is 0 Å². The molecule has 0 aliphatic carbocycles. The van der Waals surface area contributed by atoms with E-state index in [4.69, 9.17) is 5.11 Å². The molecule has 0 radical (unpaired) electrons. The maximum absolute atomic E-state index is 12.1. The van der Waals surface area contributed by atoms with E-state index in [0.29, 0.717) is 13.1 Å². The topological polar surface area (TPSA) is 87.5 Å². The largest absolute Gasteiger partial charge is 0.478 e. The Hall–Kier alpha value is -2.83. The number of hydrogen-bond acceptors (Lipinski definition) is 3. The van der Waals surface area contributed by atoms with Gasteiger partial charge in [-0.3, -0.25) is 0 Å². The zero-order valence-corrected chi connectivity index (χ0v) is 13.9. The molecule has 1 aromatic heterocycles. The third-order valence-corrected chi connectivity index (χ3v) is 3.81. The van der Waals surface area contributed by atoms with Crippen LogP contribution in [-0.4, -0.2) is 45.2 Å². The number of rotatable bonds is 7. The van der Waals surface area contributed by atoms with Crippen LogP contribution in [0, 0.1) is 6.92 Å². The van der Waals surface area contributed by atoms with Gasteiger partial charge < -0.3 is 19.9 Å². The number of nitrogens with zero attached hydrogens (tertiary/aromatic N) is 3. The van der Waals surface area contributed by atoms with Gasteiger partial charge in [0.05, 0.1) is 5.56 Å². The van der Waals surface area contributed by atoms with Crippen molar-refractivity contribution in [2.75, 3.05) is 13.6 Å². The van der Waals surface area contributed by atoms with E-state index in [9.17, 15) is 9.59 Å². The second-order valence-corrected chi connectivity index (χ2v) is 5.60. The van der Waals surface area contributed by atoms with Crippen molar-refractivity contribution in [3.05, 3.63) is 53.6 Å². The number of benzene rings is 1. The fraction of sp³-hybridized carbons (Fsp3) is 0.353. The van der Waals surface area contributed by atoms with Crippen LogP contribution in [0.4, 0.5) is 4.79 Å². The summed E-state index contributed by atoms with van der Waals surface area (Å²) in [6, 6.07) is 6.30. The second kappa shape index (κ2) is 8.14. The first-order chi connectivity index (χ1) is 11.5. The number of carbonyl (C=O) groups excluding carboxylic acids is 1. The zero-order chi connectivity index (χ0) is 17.5.